The predicted octanol–water partition coefficient (Wildman–Crippen LogP) is 3.19. The van der Waals surface area contributed by atoms with Crippen LogP contribution in [-0.2, 0) is 6.54 Å². The molecule has 1 unspecified atom stereocenters. The van der Waals surface area contributed by atoms with Crippen molar-refractivity contribution in [1.29, 1.82) is 0 Å². The number of para-hydroxylation sites is 1. The number of likely N-dealkylation sites (tertiary alicyclic amines) is 1. The van der Waals surface area contributed by atoms with Crippen molar-refractivity contribution in [2.75, 3.05) is 25.0 Å². The second-order valence-corrected chi connectivity index (χ2v) is 5.92. The maximum absolute atomic E-state index is 5.84. The van der Waals surface area contributed by atoms with Gasteiger partial charge in [-0.2, -0.15) is 0 Å². The zero-order valence-corrected chi connectivity index (χ0v) is 14.4. The summed E-state index contributed by atoms with van der Waals surface area (Å²) in [6, 6.07) is 15.1. The van der Waals surface area contributed by atoms with Gasteiger partial charge in [0.1, 0.15) is 5.82 Å². The van der Waals surface area contributed by atoms with Gasteiger partial charge in [-0.25, -0.2) is 4.98 Å². The standard InChI is InChI=1S/C18H24N4.ClH/c1-21(16-6-3-2-4-7-16)18-10-9-15(13-20-18)14-22-11-5-8-17(22)12-19;/h2-4,6-7,9-10,13,17H,5,8,11-12,14,19H2,1H3;1H. The first-order chi connectivity index (χ1) is 10.8. The largest absolute Gasteiger partial charge is 0.329 e. The molecular weight excluding hydrogens is 308 g/mol. The maximum atomic E-state index is 5.84. The lowest BCUT2D eigenvalue weighted by Gasteiger charge is -2.23. The molecule has 0 amide bonds. The van der Waals surface area contributed by atoms with Crippen LogP contribution >= 0.6 is 12.4 Å². The second-order valence-electron chi connectivity index (χ2n) is 5.92. The lowest BCUT2D eigenvalue weighted by Crippen LogP contribution is -2.34. The molecule has 0 bridgehead atoms. The quantitative estimate of drug-likeness (QED) is 0.913. The molecule has 1 saturated heterocycles. The molecule has 0 saturated carbocycles. The van der Waals surface area contributed by atoms with E-state index in [1.54, 1.807) is 0 Å². The van der Waals surface area contributed by atoms with Crippen LogP contribution < -0.4 is 10.6 Å². The van der Waals surface area contributed by atoms with Gasteiger partial charge in [-0.3, -0.25) is 4.90 Å². The van der Waals surface area contributed by atoms with Crippen LogP contribution in [0.3, 0.4) is 0 Å². The van der Waals surface area contributed by atoms with E-state index in [0.29, 0.717) is 6.04 Å². The van der Waals surface area contributed by atoms with E-state index in [1.165, 1.54) is 18.4 Å². The molecule has 1 aromatic heterocycles. The fourth-order valence-electron chi connectivity index (χ4n) is 3.10. The molecule has 2 N–H and O–H groups in total. The van der Waals surface area contributed by atoms with E-state index in [2.05, 4.69) is 39.0 Å². The molecule has 0 aliphatic carbocycles. The predicted molar refractivity (Wildman–Crippen MR) is 98.5 cm³/mol. The van der Waals surface area contributed by atoms with E-state index in [0.717, 1.165) is 31.1 Å². The Bertz CT molecular complexity index is 588. The molecular formula is C18H25ClN4. The van der Waals surface area contributed by atoms with Crippen LogP contribution in [0, 0.1) is 0 Å². The normalized spacial score (nSPS) is 17.7. The fraction of sp³-hybridized carbons (Fsp3) is 0.389. The first-order valence-corrected chi connectivity index (χ1v) is 7.96. The van der Waals surface area contributed by atoms with E-state index in [1.807, 2.05) is 31.4 Å². The number of rotatable bonds is 5. The fourth-order valence-corrected chi connectivity index (χ4v) is 3.10. The molecule has 0 spiro atoms. The van der Waals surface area contributed by atoms with E-state index >= 15 is 0 Å². The third-order valence-electron chi connectivity index (χ3n) is 4.45. The van der Waals surface area contributed by atoms with Gasteiger partial charge < -0.3 is 10.6 Å². The highest BCUT2D eigenvalue weighted by Gasteiger charge is 2.22. The van der Waals surface area contributed by atoms with Crippen molar-refractivity contribution >= 4 is 23.9 Å². The molecule has 23 heavy (non-hydrogen) atoms. The molecule has 1 aromatic carbocycles. The number of aromatic nitrogens is 1. The zero-order chi connectivity index (χ0) is 15.4. The van der Waals surface area contributed by atoms with Gasteiger partial charge in [0.25, 0.3) is 0 Å². The summed E-state index contributed by atoms with van der Waals surface area (Å²) in [6.45, 7) is 2.85. The van der Waals surface area contributed by atoms with Gasteiger partial charge in [0.15, 0.2) is 0 Å². The van der Waals surface area contributed by atoms with Crippen molar-refractivity contribution in [1.82, 2.24) is 9.88 Å². The third-order valence-corrected chi connectivity index (χ3v) is 4.45. The monoisotopic (exact) mass is 332 g/mol. The minimum Gasteiger partial charge on any atom is -0.329 e. The van der Waals surface area contributed by atoms with Crippen LogP contribution in [-0.4, -0.2) is 36.1 Å². The van der Waals surface area contributed by atoms with Gasteiger partial charge in [-0.05, 0) is 43.1 Å². The van der Waals surface area contributed by atoms with Gasteiger partial charge in [0, 0.05) is 38.1 Å². The van der Waals surface area contributed by atoms with Crippen LogP contribution in [0.5, 0.6) is 0 Å². The summed E-state index contributed by atoms with van der Waals surface area (Å²) in [5.41, 5.74) is 8.24. The van der Waals surface area contributed by atoms with Crippen LogP contribution in [0.15, 0.2) is 48.7 Å². The number of hydrogen-bond donors (Lipinski definition) is 1. The third kappa shape index (κ3) is 4.22. The average Bonchev–Trinajstić information content (AvgIpc) is 3.03. The Labute approximate surface area is 144 Å². The van der Waals surface area contributed by atoms with Gasteiger partial charge >= 0.3 is 0 Å². The molecule has 4 nitrogen and oxygen atoms in total. The Morgan fingerprint density at radius 1 is 1.22 bits per heavy atom. The second kappa shape index (κ2) is 8.29. The van der Waals surface area contributed by atoms with Crippen molar-refractivity contribution in [2.24, 2.45) is 5.73 Å². The molecule has 2 heterocycles. The highest BCUT2D eigenvalue weighted by molar-refractivity contribution is 5.85. The first kappa shape index (κ1) is 17.7. The summed E-state index contributed by atoms with van der Waals surface area (Å²) in [4.78, 5) is 9.19. The first-order valence-electron chi connectivity index (χ1n) is 7.96. The van der Waals surface area contributed by atoms with Crippen LogP contribution in [0.25, 0.3) is 0 Å². The van der Waals surface area contributed by atoms with Gasteiger partial charge in [0.05, 0.1) is 0 Å². The number of pyridine rings is 1. The summed E-state index contributed by atoms with van der Waals surface area (Å²) in [5, 5.41) is 0. The van der Waals surface area contributed by atoms with Crippen molar-refractivity contribution in [3.05, 3.63) is 54.2 Å². The topological polar surface area (TPSA) is 45.4 Å². The lowest BCUT2D eigenvalue weighted by molar-refractivity contribution is 0.250. The molecule has 3 rings (SSSR count). The molecule has 1 atom stereocenters. The van der Waals surface area contributed by atoms with Crippen LogP contribution in [0.1, 0.15) is 18.4 Å². The van der Waals surface area contributed by atoms with Gasteiger partial charge in [0.2, 0.25) is 0 Å². The Balaban J connectivity index is 0.00000192. The Hall–Kier alpha value is -1.62. The Kier molecular flexibility index (Phi) is 6.39. The minimum absolute atomic E-state index is 0. The summed E-state index contributed by atoms with van der Waals surface area (Å²) >= 11 is 0. The van der Waals surface area contributed by atoms with Crippen molar-refractivity contribution in [3.8, 4) is 0 Å². The van der Waals surface area contributed by atoms with Crippen molar-refractivity contribution in [2.45, 2.75) is 25.4 Å². The SMILES string of the molecule is CN(c1ccccc1)c1ccc(CN2CCCC2CN)cn1.Cl. The zero-order valence-electron chi connectivity index (χ0n) is 13.6. The molecule has 124 valence electrons. The molecule has 2 aromatic rings. The summed E-state index contributed by atoms with van der Waals surface area (Å²) in [5.74, 6) is 0.965. The summed E-state index contributed by atoms with van der Waals surface area (Å²) in [7, 11) is 2.04. The number of anilines is 2. The van der Waals surface area contributed by atoms with Crippen molar-refractivity contribution in [3.63, 3.8) is 0 Å². The average molecular weight is 333 g/mol. The number of nitrogens with zero attached hydrogens (tertiary/aromatic N) is 3. The Morgan fingerprint density at radius 3 is 2.65 bits per heavy atom. The van der Waals surface area contributed by atoms with E-state index < -0.39 is 0 Å². The van der Waals surface area contributed by atoms with Gasteiger partial charge in [-0.1, -0.05) is 24.3 Å². The van der Waals surface area contributed by atoms with Crippen LogP contribution in [0.2, 0.25) is 0 Å². The molecule has 1 fully saturated rings. The summed E-state index contributed by atoms with van der Waals surface area (Å²) < 4.78 is 0. The maximum Gasteiger partial charge on any atom is 0.132 e. The number of halogens is 1. The van der Waals surface area contributed by atoms with Gasteiger partial charge in [-0.15, -0.1) is 12.4 Å². The van der Waals surface area contributed by atoms with Crippen LogP contribution in [0.4, 0.5) is 11.5 Å². The lowest BCUT2D eigenvalue weighted by atomic mass is 10.2. The van der Waals surface area contributed by atoms with E-state index in [-0.39, 0.29) is 12.4 Å². The van der Waals surface area contributed by atoms with E-state index in [9.17, 15) is 0 Å². The highest BCUT2D eigenvalue weighted by Crippen LogP contribution is 2.23. The van der Waals surface area contributed by atoms with Crippen molar-refractivity contribution < 1.29 is 0 Å². The molecule has 0 radical (unpaired) electrons. The smallest absolute Gasteiger partial charge is 0.132 e. The number of nitrogens with two attached hydrogens (primary N) is 1. The molecule has 1 aliphatic heterocycles. The summed E-state index contributed by atoms with van der Waals surface area (Å²) in [6.07, 6.45) is 4.46. The number of benzene rings is 1. The highest BCUT2D eigenvalue weighted by atomic mass is 35.5. The Morgan fingerprint density at radius 2 is 2.00 bits per heavy atom. The molecule has 1 aliphatic rings. The van der Waals surface area contributed by atoms with E-state index in [4.69, 9.17) is 5.73 Å². The molecule has 5 heteroatoms. The minimum atomic E-state index is 0. The number of hydrogen-bond acceptors (Lipinski definition) is 4.